The average molecular weight is 573 g/mol. The van der Waals surface area contributed by atoms with E-state index in [1.165, 1.54) is 6.08 Å². The molecule has 3 aromatic carbocycles. The predicted octanol–water partition coefficient (Wildman–Crippen LogP) is 6.94. The molecule has 0 bridgehead atoms. The van der Waals surface area contributed by atoms with Crippen molar-refractivity contribution in [3.05, 3.63) is 91.4 Å². The Hall–Kier alpha value is -3.31. The summed E-state index contributed by atoms with van der Waals surface area (Å²) in [4.78, 5) is 24.8. The van der Waals surface area contributed by atoms with Crippen LogP contribution in [-0.4, -0.2) is 18.4 Å². The van der Waals surface area contributed by atoms with Crippen molar-refractivity contribution in [2.45, 2.75) is 13.8 Å². The van der Waals surface area contributed by atoms with E-state index >= 15 is 0 Å². The monoisotopic (exact) mass is 571 g/mol. The zero-order valence-corrected chi connectivity index (χ0v) is 21.9. The Morgan fingerprint density at radius 2 is 1.83 bits per heavy atom. The summed E-state index contributed by atoms with van der Waals surface area (Å²) in [5.41, 5.74) is 3.68. The molecule has 0 atom stereocenters. The van der Waals surface area contributed by atoms with Gasteiger partial charge < -0.3 is 15.4 Å². The van der Waals surface area contributed by atoms with Crippen LogP contribution in [0.4, 0.5) is 11.4 Å². The molecule has 9 heteroatoms. The first-order valence-corrected chi connectivity index (χ1v) is 11.9. The minimum absolute atomic E-state index is 0.0486. The molecule has 0 unspecified atom stereocenters. The second-order valence-corrected chi connectivity index (χ2v) is 9.20. The van der Waals surface area contributed by atoms with E-state index < -0.39 is 5.91 Å². The van der Waals surface area contributed by atoms with Gasteiger partial charge in [0.05, 0.1) is 14.5 Å². The van der Waals surface area contributed by atoms with Gasteiger partial charge in [-0.15, -0.1) is 0 Å². The van der Waals surface area contributed by atoms with Gasteiger partial charge in [-0.3, -0.25) is 9.59 Å². The Balaban J connectivity index is 1.65. The first-order chi connectivity index (χ1) is 16.7. The van der Waals surface area contributed by atoms with Crippen LogP contribution in [0.3, 0.4) is 0 Å². The number of ether oxygens (including phenoxy) is 1. The summed E-state index contributed by atoms with van der Waals surface area (Å²) in [5, 5.41) is 15.7. The minimum Gasteiger partial charge on any atom is -0.483 e. The molecule has 0 saturated carbocycles. The third-order valence-corrected chi connectivity index (χ3v) is 6.41. The number of rotatable bonds is 7. The van der Waals surface area contributed by atoms with Crippen LogP contribution >= 0.6 is 39.1 Å². The van der Waals surface area contributed by atoms with E-state index in [0.717, 1.165) is 11.1 Å². The van der Waals surface area contributed by atoms with Crippen LogP contribution < -0.4 is 15.4 Å². The minimum atomic E-state index is -0.503. The van der Waals surface area contributed by atoms with E-state index in [4.69, 9.17) is 27.9 Å². The fraction of sp³-hybridized carbons (Fsp3) is 0.115. The number of nitriles is 1. The molecule has 3 rings (SSSR count). The van der Waals surface area contributed by atoms with Crippen molar-refractivity contribution in [3.8, 4) is 11.8 Å². The first-order valence-electron chi connectivity index (χ1n) is 10.3. The lowest BCUT2D eigenvalue weighted by Crippen LogP contribution is -2.20. The highest BCUT2D eigenvalue weighted by Crippen LogP contribution is 2.28. The third kappa shape index (κ3) is 7.09. The van der Waals surface area contributed by atoms with Crippen LogP contribution in [-0.2, 0) is 9.59 Å². The predicted molar refractivity (Wildman–Crippen MR) is 143 cm³/mol. The third-order valence-electron chi connectivity index (χ3n) is 5.05. The molecular weight excluding hydrogens is 553 g/mol. The summed E-state index contributed by atoms with van der Waals surface area (Å²) >= 11 is 15.2. The van der Waals surface area contributed by atoms with E-state index in [-0.39, 0.29) is 18.1 Å². The molecule has 0 aliphatic rings. The number of hydrogen-bond acceptors (Lipinski definition) is 4. The SMILES string of the molecule is Cc1cccc(NC(=O)/C(C#N)=C\c2ccc(OCC(=O)Nc3ccc(Cl)c(Cl)c3)c(Br)c2)c1C. The molecule has 0 saturated heterocycles. The lowest BCUT2D eigenvalue weighted by atomic mass is 10.1. The number of carbonyl (C=O) groups is 2. The summed E-state index contributed by atoms with van der Waals surface area (Å²) < 4.78 is 6.14. The molecule has 3 aromatic rings. The maximum Gasteiger partial charge on any atom is 0.266 e. The van der Waals surface area contributed by atoms with Crippen molar-refractivity contribution >= 4 is 68.4 Å². The summed E-state index contributed by atoms with van der Waals surface area (Å²) in [7, 11) is 0. The van der Waals surface area contributed by atoms with E-state index in [1.807, 2.05) is 32.0 Å². The maximum absolute atomic E-state index is 12.6. The van der Waals surface area contributed by atoms with Crippen LogP contribution in [0, 0.1) is 25.2 Å². The number of hydrogen-bond donors (Lipinski definition) is 2. The van der Waals surface area contributed by atoms with Gasteiger partial charge in [0.25, 0.3) is 11.8 Å². The fourth-order valence-corrected chi connectivity index (χ4v) is 3.84. The molecule has 0 fully saturated rings. The number of aryl methyl sites for hydroxylation is 1. The Kier molecular flexibility index (Phi) is 8.94. The fourth-order valence-electron chi connectivity index (χ4n) is 3.03. The number of amides is 2. The molecule has 0 heterocycles. The van der Waals surface area contributed by atoms with E-state index in [1.54, 1.807) is 42.5 Å². The molecule has 2 amide bonds. The molecular formula is C26H20BrCl2N3O3. The van der Waals surface area contributed by atoms with Crippen LogP contribution in [0.25, 0.3) is 6.08 Å². The quantitative estimate of drug-likeness (QED) is 0.237. The second kappa shape index (κ2) is 11.9. The molecule has 6 nitrogen and oxygen atoms in total. The largest absolute Gasteiger partial charge is 0.483 e. The summed E-state index contributed by atoms with van der Waals surface area (Å²) in [5.74, 6) is -0.462. The van der Waals surface area contributed by atoms with E-state index in [2.05, 4.69) is 26.6 Å². The van der Waals surface area contributed by atoms with Crippen LogP contribution in [0.2, 0.25) is 10.0 Å². The average Bonchev–Trinajstić information content (AvgIpc) is 2.82. The van der Waals surface area contributed by atoms with Crippen molar-refractivity contribution in [2.24, 2.45) is 0 Å². The van der Waals surface area contributed by atoms with E-state index in [0.29, 0.717) is 37.2 Å². The molecule has 35 heavy (non-hydrogen) atoms. The molecule has 0 spiro atoms. The molecule has 2 N–H and O–H groups in total. The van der Waals surface area contributed by atoms with Gasteiger partial charge in [0.15, 0.2) is 6.61 Å². The number of nitrogens with one attached hydrogen (secondary N) is 2. The number of carbonyl (C=O) groups excluding carboxylic acids is 2. The highest BCUT2D eigenvalue weighted by atomic mass is 79.9. The highest BCUT2D eigenvalue weighted by Gasteiger charge is 2.13. The Bertz CT molecular complexity index is 1370. The molecule has 0 aliphatic carbocycles. The van der Waals surface area contributed by atoms with Crippen molar-refractivity contribution in [1.29, 1.82) is 5.26 Å². The van der Waals surface area contributed by atoms with Gasteiger partial charge in [0, 0.05) is 11.4 Å². The topological polar surface area (TPSA) is 91.2 Å². The lowest BCUT2D eigenvalue weighted by Gasteiger charge is -2.11. The van der Waals surface area contributed by atoms with Crippen molar-refractivity contribution in [1.82, 2.24) is 0 Å². The van der Waals surface area contributed by atoms with Gasteiger partial charge in [-0.25, -0.2) is 0 Å². The zero-order chi connectivity index (χ0) is 25.5. The number of anilines is 2. The zero-order valence-electron chi connectivity index (χ0n) is 18.8. The van der Waals surface area contributed by atoms with Gasteiger partial charge in [-0.05, 0) is 88.9 Å². The van der Waals surface area contributed by atoms with Crippen LogP contribution in [0.15, 0.2) is 64.6 Å². The Morgan fingerprint density at radius 1 is 1.06 bits per heavy atom. The molecule has 178 valence electrons. The first kappa shape index (κ1) is 26.3. The molecule has 0 radical (unpaired) electrons. The van der Waals surface area contributed by atoms with Crippen molar-refractivity contribution < 1.29 is 14.3 Å². The van der Waals surface area contributed by atoms with Crippen molar-refractivity contribution in [2.75, 3.05) is 17.2 Å². The van der Waals surface area contributed by atoms with E-state index in [9.17, 15) is 14.9 Å². The Labute approximate surface area is 221 Å². The number of benzene rings is 3. The van der Waals surface area contributed by atoms with Gasteiger partial charge in [-0.2, -0.15) is 5.26 Å². The smallest absolute Gasteiger partial charge is 0.266 e. The van der Waals surface area contributed by atoms with Crippen LogP contribution in [0.5, 0.6) is 5.75 Å². The summed E-state index contributed by atoms with van der Waals surface area (Å²) in [6.07, 6.45) is 1.48. The lowest BCUT2D eigenvalue weighted by molar-refractivity contribution is -0.118. The molecule has 0 aromatic heterocycles. The van der Waals surface area contributed by atoms with Crippen LogP contribution in [0.1, 0.15) is 16.7 Å². The summed E-state index contributed by atoms with van der Waals surface area (Å²) in [6.45, 7) is 3.61. The van der Waals surface area contributed by atoms with Crippen molar-refractivity contribution in [3.63, 3.8) is 0 Å². The second-order valence-electron chi connectivity index (χ2n) is 7.53. The standard InChI is InChI=1S/C26H20BrCl2N3O3/c1-15-4-3-5-23(16(15)2)32-26(34)18(13-30)10-17-6-9-24(20(27)11-17)35-14-25(33)31-19-7-8-21(28)22(29)12-19/h3-12H,14H2,1-2H3,(H,31,33)(H,32,34)/b18-10-. The Morgan fingerprint density at radius 3 is 2.51 bits per heavy atom. The van der Waals surface area contributed by atoms with Gasteiger partial charge in [0.1, 0.15) is 17.4 Å². The normalized spacial score (nSPS) is 10.9. The number of nitrogens with zero attached hydrogens (tertiary/aromatic N) is 1. The summed E-state index contributed by atoms with van der Waals surface area (Å²) in [6, 6.07) is 17.3. The maximum atomic E-state index is 12.6. The molecule has 0 aliphatic heterocycles. The van der Waals surface area contributed by atoms with Gasteiger partial charge in [-0.1, -0.05) is 41.4 Å². The number of halogens is 3. The van der Waals surface area contributed by atoms with Gasteiger partial charge >= 0.3 is 0 Å². The highest BCUT2D eigenvalue weighted by molar-refractivity contribution is 9.10. The van der Waals surface area contributed by atoms with Gasteiger partial charge in [0.2, 0.25) is 0 Å².